The lowest BCUT2D eigenvalue weighted by atomic mass is 9.70. The first-order chi connectivity index (χ1) is 17.4. The van der Waals surface area contributed by atoms with Crippen LogP contribution in [0.4, 0.5) is 0 Å². The van der Waals surface area contributed by atoms with Crippen LogP contribution >= 0.6 is 0 Å². The summed E-state index contributed by atoms with van der Waals surface area (Å²) in [6.45, 7) is 3.78. The van der Waals surface area contributed by atoms with Gasteiger partial charge in [-0.25, -0.2) is 9.97 Å². The quantitative estimate of drug-likeness (QED) is 0.362. The number of para-hydroxylation sites is 2. The summed E-state index contributed by atoms with van der Waals surface area (Å²) in [4.78, 5) is 20.6. The van der Waals surface area contributed by atoms with E-state index in [1.54, 1.807) is 18.5 Å². The van der Waals surface area contributed by atoms with E-state index in [4.69, 9.17) is 14.2 Å². The number of ether oxygens (including phenoxy) is 3. The highest BCUT2D eigenvalue weighted by molar-refractivity contribution is 5.79. The van der Waals surface area contributed by atoms with Crippen molar-refractivity contribution in [1.29, 1.82) is 0 Å². The van der Waals surface area contributed by atoms with Crippen molar-refractivity contribution in [2.75, 3.05) is 7.11 Å². The third kappa shape index (κ3) is 4.07. The van der Waals surface area contributed by atoms with Gasteiger partial charge in [0, 0.05) is 40.6 Å². The summed E-state index contributed by atoms with van der Waals surface area (Å²) in [5.74, 6) is 2.06. The van der Waals surface area contributed by atoms with Crippen molar-refractivity contribution in [1.82, 2.24) is 9.97 Å². The van der Waals surface area contributed by atoms with Crippen LogP contribution in [0.2, 0.25) is 0 Å². The molecule has 36 heavy (non-hydrogen) atoms. The van der Waals surface area contributed by atoms with Crippen LogP contribution in [0, 0.1) is 5.41 Å². The zero-order chi connectivity index (χ0) is 25.3. The second-order valence-electron chi connectivity index (χ2n) is 9.12. The highest BCUT2D eigenvalue weighted by Gasteiger charge is 2.44. The third-order valence-corrected chi connectivity index (χ3v) is 6.50. The van der Waals surface area contributed by atoms with Gasteiger partial charge in [-0.15, -0.1) is 0 Å². The molecule has 2 unspecified atom stereocenters. The molecule has 2 atom stereocenters. The molecule has 2 aliphatic rings. The monoisotopic (exact) mass is 482 g/mol. The van der Waals surface area contributed by atoms with Crippen molar-refractivity contribution in [2.24, 2.45) is 5.41 Å². The van der Waals surface area contributed by atoms with Crippen LogP contribution in [0.1, 0.15) is 48.1 Å². The Morgan fingerprint density at radius 1 is 0.778 bits per heavy atom. The number of aliphatic hydroxyl groups is 1. The zero-order valence-corrected chi connectivity index (χ0v) is 20.2. The van der Waals surface area contributed by atoms with Crippen LogP contribution in [-0.2, 0) is 9.53 Å². The summed E-state index contributed by atoms with van der Waals surface area (Å²) in [5, 5.41) is 10.1. The molecular weight excluding hydrogens is 456 g/mol. The number of hydrogen-bond acceptors (Lipinski definition) is 7. The largest absolute Gasteiger partial charge is 0.469 e. The lowest BCUT2D eigenvalue weighted by molar-refractivity contribution is -0.151. The molecule has 2 aromatic heterocycles. The molecule has 1 N–H and O–H groups in total. The van der Waals surface area contributed by atoms with E-state index in [1.807, 2.05) is 80.6 Å². The number of rotatable bonds is 2. The standard InChI is InChI=1S/C17H17NO3.C12H9NO2/c1-17(2,16(19)20-3)14-11-7-4-5-9-13(11)21-15-12(14)8-6-10-18-15;14-11-8-4-1-2-6-10(8)15-12-9(11)5-3-7-13-12/h4-10,14H,1-3H3;1-7,11,14H. The maximum absolute atomic E-state index is 12.3. The van der Waals surface area contributed by atoms with Crippen LogP contribution in [0.25, 0.3) is 0 Å². The molecule has 0 aliphatic carbocycles. The van der Waals surface area contributed by atoms with Crippen LogP contribution in [-0.4, -0.2) is 28.2 Å². The number of nitrogens with zero attached hydrogens (tertiary/aromatic N) is 2. The molecule has 0 bridgehead atoms. The number of methoxy groups -OCH3 is 1. The Bertz CT molecular complexity index is 1330. The number of aromatic nitrogens is 2. The van der Waals surface area contributed by atoms with Gasteiger partial charge in [0.05, 0.1) is 12.5 Å². The molecule has 0 saturated heterocycles. The summed E-state index contributed by atoms with van der Waals surface area (Å²) < 4.78 is 16.4. The summed E-state index contributed by atoms with van der Waals surface area (Å²) in [6, 6.07) is 22.6. The van der Waals surface area contributed by atoms with Gasteiger partial charge in [-0.2, -0.15) is 0 Å². The van der Waals surface area contributed by atoms with Gasteiger partial charge in [-0.1, -0.05) is 42.5 Å². The lowest BCUT2D eigenvalue weighted by Gasteiger charge is -2.36. The first-order valence-corrected chi connectivity index (χ1v) is 11.6. The van der Waals surface area contributed by atoms with Gasteiger partial charge < -0.3 is 19.3 Å². The van der Waals surface area contributed by atoms with Crippen LogP contribution < -0.4 is 9.47 Å². The molecule has 0 saturated carbocycles. The Morgan fingerprint density at radius 3 is 1.92 bits per heavy atom. The SMILES string of the molecule is COC(=O)C(C)(C)C1c2ccccc2Oc2ncccc21.OC1c2ccccc2Oc2ncccc21. The summed E-state index contributed by atoms with van der Waals surface area (Å²) in [5.41, 5.74) is 2.68. The Hall–Kier alpha value is -4.23. The smallest absolute Gasteiger partial charge is 0.312 e. The van der Waals surface area contributed by atoms with Crippen LogP contribution in [0.15, 0.2) is 85.2 Å². The van der Waals surface area contributed by atoms with E-state index in [9.17, 15) is 9.90 Å². The van der Waals surface area contributed by atoms with Crippen molar-refractivity contribution in [2.45, 2.75) is 25.9 Å². The van der Waals surface area contributed by atoms with Crippen molar-refractivity contribution >= 4 is 5.97 Å². The van der Waals surface area contributed by atoms with Gasteiger partial charge in [0.2, 0.25) is 11.8 Å². The number of benzene rings is 2. The maximum atomic E-state index is 12.3. The molecule has 7 heteroatoms. The molecule has 0 fully saturated rings. The average molecular weight is 483 g/mol. The molecule has 0 spiro atoms. The summed E-state index contributed by atoms with van der Waals surface area (Å²) in [6.07, 6.45) is 2.70. The zero-order valence-electron chi connectivity index (χ0n) is 20.2. The molecule has 4 heterocycles. The Morgan fingerprint density at radius 2 is 1.28 bits per heavy atom. The molecule has 0 radical (unpaired) electrons. The van der Waals surface area contributed by atoms with Crippen LogP contribution in [0.5, 0.6) is 23.3 Å². The van der Waals surface area contributed by atoms with Crippen molar-refractivity contribution < 1.29 is 24.1 Å². The molecule has 182 valence electrons. The first kappa shape index (κ1) is 23.5. The topological polar surface area (TPSA) is 90.8 Å². The minimum Gasteiger partial charge on any atom is -0.469 e. The number of pyridine rings is 2. The van der Waals surface area contributed by atoms with E-state index >= 15 is 0 Å². The highest BCUT2D eigenvalue weighted by atomic mass is 16.5. The number of fused-ring (bicyclic) bond motifs is 4. The average Bonchev–Trinajstić information content (AvgIpc) is 2.91. The molecule has 7 nitrogen and oxygen atoms in total. The number of hydrogen-bond donors (Lipinski definition) is 1. The van der Waals surface area contributed by atoms with Crippen molar-refractivity contribution in [3.05, 3.63) is 107 Å². The Labute approximate surface area is 209 Å². The molecule has 0 amide bonds. The van der Waals surface area contributed by atoms with Gasteiger partial charge in [-0.3, -0.25) is 4.79 Å². The molecular formula is C29H26N2O5. The Balaban J connectivity index is 0.000000156. The predicted molar refractivity (Wildman–Crippen MR) is 133 cm³/mol. The lowest BCUT2D eigenvalue weighted by Crippen LogP contribution is -2.35. The molecule has 2 aromatic carbocycles. The Kier molecular flexibility index (Phi) is 6.16. The second kappa shape index (κ2) is 9.43. The van der Waals surface area contributed by atoms with E-state index in [1.165, 1.54) is 7.11 Å². The van der Waals surface area contributed by atoms with Crippen molar-refractivity contribution in [3.8, 4) is 23.3 Å². The second-order valence-corrected chi connectivity index (χ2v) is 9.12. The number of carbonyl (C=O) groups excluding carboxylic acids is 1. The molecule has 4 aromatic rings. The van der Waals surface area contributed by atoms with Gasteiger partial charge in [0.25, 0.3) is 0 Å². The van der Waals surface area contributed by atoms with Crippen LogP contribution in [0.3, 0.4) is 0 Å². The number of carbonyl (C=O) groups is 1. The molecule has 6 rings (SSSR count). The summed E-state index contributed by atoms with van der Waals surface area (Å²) >= 11 is 0. The van der Waals surface area contributed by atoms with Gasteiger partial charge >= 0.3 is 5.97 Å². The predicted octanol–water partition coefficient (Wildman–Crippen LogP) is 5.79. The van der Waals surface area contributed by atoms with Crippen molar-refractivity contribution in [3.63, 3.8) is 0 Å². The minimum atomic E-state index is -0.716. The van der Waals surface area contributed by atoms with E-state index in [0.717, 1.165) is 28.0 Å². The fraction of sp³-hybridized carbons (Fsp3) is 0.207. The first-order valence-electron chi connectivity index (χ1n) is 11.6. The summed E-state index contributed by atoms with van der Waals surface area (Å²) in [7, 11) is 1.42. The number of aliphatic hydroxyl groups excluding tert-OH is 1. The molecule has 2 aliphatic heterocycles. The van der Waals surface area contributed by atoms with E-state index < -0.39 is 11.5 Å². The normalized spacial score (nSPS) is 16.9. The highest BCUT2D eigenvalue weighted by Crippen LogP contribution is 2.51. The van der Waals surface area contributed by atoms with E-state index in [-0.39, 0.29) is 11.9 Å². The van der Waals surface area contributed by atoms with Gasteiger partial charge in [0.15, 0.2) is 0 Å². The third-order valence-electron chi connectivity index (χ3n) is 6.50. The van der Waals surface area contributed by atoms with Gasteiger partial charge in [0.1, 0.15) is 17.6 Å². The van der Waals surface area contributed by atoms with Gasteiger partial charge in [-0.05, 0) is 44.2 Å². The van der Waals surface area contributed by atoms with E-state index in [2.05, 4.69) is 9.97 Å². The van der Waals surface area contributed by atoms with E-state index in [0.29, 0.717) is 17.5 Å². The fourth-order valence-corrected chi connectivity index (χ4v) is 4.72. The minimum absolute atomic E-state index is 0.154. The maximum Gasteiger partial charge on any atom is 0.312 e. The number of esters is 1. The fourth-order valence-electron chi connectivity index (χ4n) is 4.72.